The quantitative estimate of drug-likeness (QED) is 0.897. The molecule has 1 spiro atoms. The Morgan fingerprint density at radius 2 is 2.13 bits per heavy atom. The molecule has 5 heteroatoms. The Kier molecular flexibility index (Phi) is 5.16. The van der Waals surface area contributed by atoms with Crippen LogP contribution in [0.3, 0.4) is 0 Å². The minimum atomic E-state index is -0.0639. The van der Waals surface area contributed by atoms with E-state index in [1.54, 1.807) is 12.4 Å². The Bertz CT molecular complexity index is 514. The van der Waals surface area contributed by atoms with Gasteiger partial charge in [-0.15, -0.1) is 0 Å². The zero-order valence-electron chi connectivity index (χ0n) is 13.9. The highest BCUT2D eigenvalue weighted by atomic mass is 16.5. The summed E-state index contributed by atoms with van der Waals surface area (Å²) >= 11 is 0. The molecule has 0 unspecified atom stereocenters. The maximum absolute atomic E-state index is 12.2. The van der Waals surface area contributed by atoms with E-state index in [0.717, 1.165) is 32.3 Å². The average molecular weight is 317 g/mol. The number of urea groups is 1. The van der Waals surface area contributed by atoms with Gasteiger partial charge in [0.15, 0.2) is 0 Å². The normalized spacial score (nSPS) is 24.3. The monoisotopic (exact) mass is 317 g/mol. The van der Waals surface area contributed by atoms with Gasteiger partial charge in [0.1, 0.15) is 0 Å². The van der Waals surface area contributed by atoms with Crippen LogP contribution in [0.4, 0.5) is 4.79 Å². The molecule has 3 rings (SSSR count). The third kappa shape index (κ3) is 4.22. The molecule has 2 amide bonds. The lowest BCUT2D eigenvalue weighted by molar-refractivity contribution is -0.0820. The van der Waals surface area contributed by atoms with Gasteiger partial charge >= 0.3 is 6.03 Å². The summed E-state index contributed by atoms with van der Waals surface area (Å²) in [5.74, 6) is 0.277. The van der Waals surface area contributed by atoms with Gasteiger partial charge in [0.05, 0.1) is 5.60 Å². The molecule has 1 aromatic heterocycles. The van der Waals surface area contributed by atoms with Crippen LogP contribution in [0.25, 0.3) is 0 Å². The number of nitrogens with one attached hydrogen (secondary N) is 2. The summed E-state index contributed by atoms with van der Waals surface area (Å²) in [4.78, 5) is 16.2. The lowest BCUT2D eigenvalue weighted by Crippen LogP contribution is -2.50. The zero-order valence-corrected chi connectivity index (χ0v) is 13.9. The number of aromatic nitrogens is 1. The molecule has 23 heavy (non-hydrogen) atoms. The van der Waals surface area contributed by atoms with Crippen molar-refractivity contribution in [3.63, 3.8) is 0 Å². The van der Waals surface area contributed by atoms with Gasteiger partial charge in [-0.25, -0.2) is 4.79 Å². The first-order valence-corrected chi connectivity index (χ1v) is 8.75. The molecule has 1 saturated heterocycles. The van der Waals surface area contributed by atoms with Crippen molar-refractivity contribution >= 4 is 6.03 Å². The highest BCUT2D eigenvalue weighted by molar-refractivity contribution is 5.74. The molecule has 1 aliphatic carbocycles. The third-order valence-electron chi connectivity index (χ3n) is 5.19. The standard InChI is InChI=1S/C18H27N3O2/c1-14(15-4-9-19-10-5-15)13-20-17(22)21-16-6-11-23-18(12-16)7-2-3-8-18/h4-5,9-10,14,16H,2-3,6-8,11-13H2,1H3,(H2,20,21,22)/t14-,16+/m0/s1. The van der Waals surface area contributed by atoms with Crippen molar-refractivity contribution in [2.24, 2.45) is 0 Å². The average Bonchev–Trinajstić information content (AvgIpc) is 3.01. The van der Waals surface area contributed by atoms with E-state index >= 15 is 0 Å². The molecular formula is C18H27N3O2. The number of hydrogen-bond acceptors (Lipinski definition) is 3. The molecule has 2 aliphatic rings. The predicted molar refractivity (Wildman–Crippen MR) is 89.4 cm³/mol. The second-order valence-electron chi connectivity index (χ2n) is 6.96. The van der Waals surface area contributed by atoms with Gasteiger partial charge in [-0.05, 0) is 49.3 Å². The van der Waals surface area contributed by atoms with Crippen LogP contribution in [0.5, 0.6) is 0 Å². The van der Waals surface area contributed by atoms with E-state index in [9.17, 15) is 4.79 Å². The summed E-state index contributed by atoms with van der Waals surface area (Å²) in [6.45, 7) is 3.50. The third-order valence-corrected chi connectivity index (χ3v) is 5.19. The maximum Gasteiger partial charge on any atom is 0.315 e. The fourth-order valence-electron chi connectivity index (χ4n) is 3.81. The molecule has 2 N–H and O–H groups in total. The number of carbonyl (C=O) groups excluding carboxylic acids is 1. The maximum atomic E-state index is 12.2. The first-order chi connectivity index (χ1) is 11.2. The molecule has 1 saturated carbocycles. The largest absolute Gasteiger partial charge is 0.375 e. The molecular weight excluding hydrogens is 290 g/mol. The van der Waals surface area contributed by atoms with Crippen LogP contribution >= 0.6 is 0 Å². The van der Waals surface area contributed by atoms with E-state index in [2.05, 4.69) is 22.5 Å². The Balaban J connectivity index is 1.44. The van der Waals surface area contributed by atoms with Crippen LogP contribution in [0.1, 0.15) is 56.9 Å². The Morgan fingerprint density at radius 3 is 2.87 bits per heavy atom. The molecule has 0 radical (unpaired) electrons. The molecule has 2 fully saturated rings. The minimum Gasteiger partial charge on any atom is -0.375 e. The summed E-state index contributed by atoms with van der Waals surface area (Å²) in [6.07, 6.45) is 10.2. The fourth-order valence-corrected chi connectivity index (χ4v) is 3.81. The lowest BCUT2D eigenvalue weighted by atomic mass is 9.89. The summed E-state index contributed by atoms with van der Waals surface area (Å²) in [5, 5.41) is 6.13. The van der Waals surface area contributed by atoms with Crippen molar-refractivity contribution < 1.29 is 9.53 Å². The molecule has 2 heterocycles. The minimum absolute atomic E-state index is 0.0422. The summed E-state index contributed by atoms with van der Waals surface area (Å²) < 4.78 is 6.02. The van der Waals surface area contributed by atoms with E-state index < -0.39 is 0 Å². The summed E-state index contributed by atoms with van der Waals surface area (Å²) in [5.41, 5.74) is 1.23. The predicted octanol–water partition coefficient (Wildman–Crippen LogP) is 2.98. The Labute approximate surface area is 138 Å². The fraction of sp³-hybridized carbons (Fsp3) is 0.667. The first-order valence-electron chi connectivity index (χ1n) is 8.75. The van der Waals surface area contributed by atoms with Crippen LogP contribution in [0.15, 0.2) is 24.5 Å². The zero-order chi connectivity index (χ0) is 16.1. The highest BCUT2D eigenvalue weighted by Gasteiger charge is 2.40. The number of hydrogen-bond donors (Lipinski definition) is 2. The van der Waals surface area contributed by atoms with E-state index in [4.69, 9.17) is 4.74 Å². The van der Waals surface area contributed by atoms with E-state index in [0.29, 0.717) is 6.54 Å². The van der Waals surface area contributed by atoms with Crippen molar-refractivity contribution in [3.05, 3.63) is 30.1 Å². The van der Waals surface area contributed by atoms with Gasteiger partial charge in [-0.2, -0.15) is 0 Å². The van der Waals surface area contributed by atoms with Gasteiger partial charge < -0.3 is 15.4 Å². The molecule has 0 aromatic carbocycles. The summed E-state index contributed by atoms with van der Waals surface area (Å²) in [6, 6.07) is 4.16. The molecule has 1 aromatic rings. The number of nitrogens with zero attached hydrogens (tertiary/aromatic N) is 1. The topological polar surface area (TPSA) is 63.2 Å². The smallest absolute Gasteiger partial charge is 0.315 e. The highest BCUT2D eigenvalue weighted by Crippen LogP contribution is 2.39. The molecule has 2 atom stereocenters. The SMILES string of the molecule is C[C@@H](CNC(=O)N[C@@H]1CCOC2(CCCC2)C1)c1ccncc1. The van der Waals surface area contributed by atoms with Crippen LogP contribution in [-0.4, -0.2) is 35.8 Å². The second kappa shape index (κ2) is 7.30. The van der Waals surface area contributed by atoms with E-state index in [-0.39, 0.29) is 23.6 Å². The number of pyridine rings is 1. The summed E-state index contributed by atoms with van der Waals surface area (Å²) in [7, 11) is 0. The van der Waals surface area contributed by atoms with E-state index in [1.165, 1.54) is 18.4 Å². The van der Waals surface area contributed by atoms with Gasteiger partial charge in [0, 0.05) is 31.6 Å². The van der Waals surface area contributed by atoms with Crippen molar-refractivity contribution in [2.75, 3.05) is 13.2 Å². The van der Waals surface area contributed by atoms with Crippen molar-refractivity contribution in [3.8, 4) is 0 Å². The van der Waals surface area contributed by atoms with Crippen LogP contribution in [0, 0.1) is 0 Å². The van der Waals surface area contributed by atoms with Crippen LogP contribution in [0.2, 0.25) is 0 Å². The van der Waals surface area contributed by atoms with Crippen LogP contribution in [-0.2, 0) is 4.74 Å². The number of ether oxygens (including phenoxy) is 1. The molecule has 1 aliphatic heterocycles. The van der Waals surface area contributed by atoms with Gasteiger partial charge in [-0.3, -0.25) is 4.98 Å². The first kappa shape index (κ1) is 16.2. The van der Waals surface area contributed by atoms with Gasteiger partial charge in [0.25, 0.3) is 0 Å². The number of amides is 2. The van der Waals surface area contributed by atoms with Crippen molar-refractivity contribution in [1.82, 2.24) is 15.6 Å². The molecule has 0 bridgehead atoms. The van der Waals surface area contributed by atoms with Crippen molar-refractivity contribution in [1.29, 1.82) is 0 Å². The van der Waals surface area contributed by atoms with Crippen LogP contribution < -0.4 is 10.6 Å². The van der Waals surface area contributed by atoms with E-state index in [1.807, 2.05) is 12.1 Å². The number of rotatable bonds is 4. The molecule has 126 valence electrons. The number of carbonyl (C=O) groups is 1. The Morgan fingerprint density at radius 1 is 1.39 bits per heavy atom. The van der Waals surface area contributed by atoms with Crippen molar-refractivity contribution in [2.45, 2.75) is 63.0 Å². The Hall–Kier alpha value is -1.62. The second-order valence-corrected chi connectivity index (χ2v) is 6.96. The molecule has 5 nitrogen and oxygen atoms in total. The lowest BCUT2D eigenvalue weighted by Gasteiger charge is -2.38. The van der Waals surface area contributed by atoms with Gasteiger partial charge in [0.2, 0.25) is 0 Å². The van der Waals surface area contributed by atoms with Gasteiger partial charge in [-0.1, -0.05) is 19.8 Å².